The number of hydrogen-bond donors (Lipinski definition) is 0. The van der Waals surface area contributed by atoms with Gasteiger partial charge < -0.3 is 14.7 Å². The maximum Gasteiger partial charge on any atom is 0.249 e. The number of carbonyl (C=O) groups excluding carboxylic acids is 6. The summed E-state index contributed by atoms with van der Waals surface area (Å²) in [5, 5.41) is 0. The lowest BCUT2D eigenvalue weighted by molar-refractivity contribution is -0.152. The molecule has 4 rings (SSSR count). The summed E-state index contributed by atoms with van der Waals surface area (Å²) >= 11 is 0. The number of amides is 3. The molecule has 0 N–H and O–H groups in total. The molecular formula is C54H81N3O6. The molecule has 9 nitrogen and oxygen atoms in total. The highest BCUT2D eigenvalue weighted by molar-refractivity contribution is 6.01. The van der Waals surface area contributed by atoms with Crippen LogP contribution >= 0.6 is 0 Å². The molecule has 0 bridgehead atoms. The van der Waals surface area contributed by atoms with Gasteiger partial charge in [-0.25, -0.2) is 0 Å². The molecule has 1 aliphatic heterocycles. The van der Waals surface area contributed by atoms with Gasteiger partial charge >= 0.3 is 0 Å². The minimum absolute atomic E-state index is 0.0246. The van der Waals surface area contributed by atoms with Gasteiger partial charge in [-0.05, 0) is 104 Å². The SMILES string of the molecule is CC(C)(C)C1=CC(C=CC(=O)N2CN(C(=O)C=CC3C=C(C(C)(C)C)C(=O)C(C(C)(C)C)C3)CN(C(=O)C=CC3C=C(C(C)(C)C)C(=O)C(C(C)(C)C)C3)C2)CC(C(C)(C)C)C1=O. The van der Waals surface area contributed by atoms with Gasteiger partial charge in [0, 0.05) is 17.8 Å². The lowest BCUT2D eigenvalue weighted by Crippen LogP contribution is -2.58. The van der Waals surface area contributed by atoms with Gasteiger partial charge in [-0.3, -0.25) is 28.8 Å². The summed E-state index contributed by atoms with van der Waals surface area (Å²) < 4.78 is 0. The largest absolute Gasteiger partial charge is 0.303 e. The second-order valence-electron chi connectivity index (χ2n) is 25.2. The first-order valence-electron chi connectivity index (χ1n) is 23.2. The van der Waals surface area contributed by atoms with Crippen molar-refractivity contribution < 1.29 is 28.8 Å². The molecule has 348 valence electrons. The lowest BCUT2D eigenvalue weighted by Gasteiger charge is -2.41. The summed E-state index contributed by atoms with van der Waals surface area (Å²) in [5.74, 6) is -1.63. The van der Waals surface area contributed by atoms with Gasteiger partial charge in [0.05, 0.1) is 20.0 Å². The van der Waals surface area contributed by atoms with Gasteiger partial charge in [0.1, 0.15) is 0 Å². The average Bonchev–Trinajstić information content (AvgIpc) is 3.13. The van der Waals surface area contributed by atoms with Crippen molar-refractivity contribution in [1.29, 1.82) is 0 Å². The highest BCUT2D eigenvalue weighted by atomic mass is 16.2. The third-order valence-electron chi connectivity index (χ3n) is 13.4. The second kappa shape index (κ2) is 18.4. The zero-order valence-corrected chi connectivity index (χ0v) is 42.2. The lowest BCUT2D eigenvalue weighted by atomic mass is 9.65. The van der Waals surface area contributed by atoms with Crippen LogP contribution in [0.4, 0.5) is 0 Å². The van der Waals surface area contributed by atoms with Crippen molar-refractivity contribution >= 4 is 35.1 Å². The van der Waals surface area contributed by atoms with E-state index in [4.69, 9.17) is 0 Å². The van der Waals surface area contributed by atoms with Gasteiger partial charge in [-0.2, -0.15) is 0 Å². The Morgan fingerprint density at radius 3 is 0.794 bits per heavy atom. The topological polar surface area (TPSA) is 112 Å². The Morgan fingerprint density at radius 1 is 0.413 bits per heavy atom. The smallest absolute Gasteiger partial charge is 0.249 e. The van der Waals surface area contributed by atoms with E-state index in [1.807, 2.05) is 98.8 Å². The maximum atomic E-state index is 14.2. The third kappa shape index (κ3) is 12.8. The van der Waals surface area contributed by atoms with E-state index in [1.165, 1.54) is 32.9 Å². The molecule has 63 heavy (non-hydrogen) atoms. The number of rotatable bonds is 6. The third-order valence-corrected chi connectivity index (χ3v) is 13.4. The first kappa shape index (κ1) is 51.5. The molecule has 1 saturated heterocycles. The normalized spacial score (nSPS) is 26.5. The Balaban J connectivity index is 1.68. The maximum absolute atomic E-state index is 14.2. The fourth-order valence-electron chi connectivity index (χ4n) is 9.40. The number of hydrogen-bond acceptors (Lipinski definition) is 6. The highest BCUT2D eigenvalue weighted by Crippen LogP contribution is 2.45. The minimum atomic E-state index is -0.359. The molecule has 0 radical (unpaired) electrons. The van der Waals surface area contributed by atoms with Crippen molar-refractivity contribution in [3.05, 3.63) is 71.4 Å². The fourth-order valence-corrected chi connectivity index (χ4v) is 9.40. The monoisotopic (exact) mass is 868 g/mol. The Labute approximate surface area is 380 Å². The summed E-state index contributed by atoms with van der Waals surface area (Å²) in [4.78, 5) is 87.9. The van der Waals surface area contributed by atoms with Crippen molar-refractivity contribution in [2.45, 2.75) is 144 Å². The zero-order valence-electron chi connectivity index (χ0n) is 42.2. The molecule has 0 saturated carbocycles. The van der Waals surface area contributed by atoms with Crippen molar-refractivity contribution in [1.82, 2.24) is 14.7 Å². The molecule has 3 aliphatic carbocycles. The van der Waals surface area contributed by atoms with Crippen molar-refractivity contribution in [3.8, 4) is 0 Å². The predicted molar refractivity (Wildman–Crippen MR) is 253 cm³/mol. The summed E-state index contributed by atoms with van der Waals surface area (Å²) in [6.07, 6.45) is 17.9. The molecule has 0 aromatic carbocycles. The fraction of sp³-hybridized carbons (Fsp3) is 0.667. The van der Waals surface area contributed by atoms with Gasteiger partial charge in [0.2, 0.25) is 17.7 Å². The minimum Gasteiger partial charge on any atom is -0.303 e. The van der Waals surface area contributed by atoms with E-state index in [0.29, 0.717) is 19.3 Å². The molecule has 4 aliphatic rings. The van der Waals surface area contributed by atoms with Crippen LogP contribution < -0.4 is 0 Å². The van der Waals surface area contributed by atoms with Gasteiger partial charge in [0.15, 0.2) is 17.3 Å². The van der Waals surface area contributed by atoms with E-state index >= 15 is 0 Å². The van der Waals surface area contributed by atoms with Crippen LogP contribution in [0.5, 0.6) is 0 Å². The number of ketones is 3. The van der Waals surface area contributed by atoms with Gasteiger partial charge in [-0.1, -0.05) is 161 Å². The number of allylic oxidation sites excluding steroid dienone is 9. The summed E-state index contributed by atoms with van der Waals surface area (Å²) in [5.41, 5.74) is 0.440. The number of carbonyl (C=O) groups is 6. The van der Waals surface area contributed by atoms with Crippen LogP contribution in [0.15, 0.2) is 71.4 Å². The summed E-state index contributed by atoms with van der Waals surface area (Å²) in [6, 6.07) is 0. The highest BCUT2D eigenvalue weighted by Gasteiger charge is 2.43. The molecular weight excluding hydrogens is 787 g/mol. The first-order chi connectivity index (χ1) is 28.5. The van der Waals surface area contributed by atoms with Crippen LogP contribution in [-0.2, 0) is 28.8 Å². The van der Waals surface area contributed by atoms with E-state index in [0.717, 1.165) is 16.7 Å². The van der Waals surface area contributed by atoms with Crippen molar-refractivity contribution in [3.63, 3.8) is 0 Å². The number of nitrogens with zero attached hydrogens (tertiary/aromatic N) is 3. The van der Waals surface area contributed by atoms with Crippen LogP contribution in [0.2, 0.25) is 0 Å². The Kier molecular flexibility index (Phi) is 15.0. The van der Waals surface area contributed by atoms with E-state index in [-0.39, 0.29) is 123 Å². The molecule has 9 heteroatoms. The number of Topliss-reactive ketones (excluding diaryl/α,β-unsaturated/α-hetero) is 3. The average molecular weight is 868 g/mol. The van der Waals surface area contributed by atoms with Crippen molar-refractivity contribution in [2.24, 2.45) is 68.0 Å². The molecule has 0 aromatic rings. The molecule has 3 amide bonds. The van der Waals surface area contributed by atoms with E-state index < -0.39 is 0 Å². The van der Waals surface area contributed by atoms with E-state index in [9.17, 15) is 28.8 Å². The Morgan fingerprint density at radius 2 is 0.619 bits per heavy atom. The molecule has 6 unspecified atom stereocenters. The summed E-state index contributed by atoms with van der Waals surface area (Å²) in [6.45, 7) is 36.9. The molecule has 6 atom stereocenters. The van der Waals surface area contributed by atoms with Crippen LogP contribution in [0, 0.1) is 68.0 Å². The van der Waals surface area contributed by atoms with E-state index in [2.05, 4.69) is 62.3 Å². The molecule has 1 fully saturated rings. The Bertz CT molecular complexity index is 1770. The van der Waals surface area contributed by atoms with Crippen LogP contribution in [0.3, 0.4) is 0 Å². The first-order valence-corrected chi connectivity index (χ1v) is 23.2. The molecule has 0 aromatic heterocycles. The zero-order chi connectivity index (χ0) is 48.0. The Hall–Kier alpha value is -4.14. The van der Waals surface area contributed by atoms with E-state index in [1.54, 1.807) is 0 Å². The van der Waals surface area contributed by atoms with Gasteiger partial charge in [-0.15, -0.1) is 0 Å². The standard InChI is InChI=1S/C54H81N3O6/c1-49(2,3)37-25-34(26-38(46(37)61)50(4,5)6)19-22-43(58)55-31-56(44(59)23-20-35-27-39(51(7,8)9)47(62)40(28-35)52(10,11)12)33-57(32-55)45(60)24-21-36-29-41(53(13,14)15)48(63)42(30-36)54(16,17)18/h19-25,27,29,34-36,38,40,42H,26,28,30-33H2,1-18H3. The van der Waals surface area contributed by atoms with Gasteiger partial charge in [0.25, 0.3) is 0 Å². The predicted octanol–water partition coefficient (Wildman–Crippen LogP) is 10.7. The van der Waals surface area contributed by atoms with Crippen LogP contribution in [0.1, 0.15) is 144 Å². The van der Waals surface area contributed by atoms with Crippen LogP contribution in [0.25, 0.3) is 0 Å². The molecule has 0 spiro atoms. The van der Waals surface area contributed by atoms with Crippen molar-refractivity contribution in [2.75, 3.05) is 20.0 Å². The second-order valence-corrected chi connectivity index (χ2v) is 25.2. The quantitative estimate of drug-likeness (QED) is 0.246. The molecule has 1 heterocycles. The summed E-state index contributed by atoms with van der Waals surface area (Å²) in [7, 11) is 0. The van der Waals surface area contributed by atoms with Crippen LogP contribution in [-0.4, -0.2) is 69.8 Å².